The minimum atomic E-state index is -0.856. The van der Waals surface area contributed by atoms with E-state index in [-0.39, 0.29) is 36.8 Å². The van der Waals surface area contributed by atoms with Crippen molar-refractivity contribution in [2.24, 2.45) is 5.92 Å². The molecule has 1 fully saturated rings. The van der Waals surface area contributed by atoms with Gasteiger partial charge in [-0.25, -0.2) is 4.79 Å². The maximum Gasteiger partial charge on any atom is 0.407 e. The quantitative estimate of drug-likeness (QED) is 0.590. The lowest BCUT2D eigenvalue weighted by Crippen LogP contribution is -2.51. The number of rotatable bonds is 7. The van der Waals surface area contributed by atoms with Crippen LogP contribution in [-0.2, 0) is 14.3 Å². The van der Waals surface area contributed by atoms with E-state index in [4.69, 9.17) is 9.84 Å². The Labute approximate surface area is 193 Å². The summed E-state index contributed by atoms with van der Waals surface area (Å²) in [6.45, 7) is 1.78. The fourth-order valence-electron chi connectivity index (χ4n) is 5.06. The van der Waals surface area contributed by atoms with Crippen LogP contribution in [0.5, 0.6) is 0 Å². The van der Waals surface area contributed by atoms with Crippen LogP contribution in [0.1, 0.15) is 56.1 Å². The van der Waals surface area contributed by atoms with Gasteiger partial charge in [-0.15, -0.1) is 0 Å². The number of aliphatic carboxylic acids is 1. The molecule has 0 aromatic heterocycles. The summed E-state index contributed by atoms with van der Waals surface area (Å²) in [6.07, 6.45) is 2.85. The molecule has 0 aliphatic heterocycles. The first kappa shape index (κ1) is 22.8. The predicted molar refractivity (Wildman–Crippen MR) is 124 cm³/mol. The molecule has 0 bridgehead atoms. The molecule has 7 heteroatoms. The molecule has 2 aliphatic rings. The largest absolute Gasteiger partial charge is 0.481 e. The van der Waals surface area contributed by atoms with E-state index in [1.165, 1.54) is 0 Å². The topological polar surface area (TPSA) is 105 Å². The third kappa shape index (κ3) is 5.18. The van der Waals surface area contributed by atoms with Gasteiger partial charge in [-0.1, -0.05) is 61.4 Å². The molecular formula is C26H30N2O5. The second kappa shape index (κ2) is 10.1. The van der Waals surface area contributed by atoms with Crippen molar-refractivity contribution in [3.8, 4) is 11.1 Å². The monoisotopic (exact) mass is 450 g/mol. The molecule has 2 aromatic carbocycles. The summed E-state index contributed by atoms with van der Waals surface area (Å²) in [4.78, 5) is 36.2. The lowest BCUT2D eigenvalue weighted by molar-refractivity contribution is -0.139. The highest BCUT2D eigenvalue weighted by Gasteiger charge is 2.31. The molecule has 3 atom stereocenters. The number of carbonyl (C=O) groups excluding carboxylic acids is 2. The van der Waals surface area contributed by atoms with Gasteiger partial charge in [-0.05, 0) is 47.9 Å². The molecule has 2 amide bonds. The maximum absolute atomic E-state index is 12.6. The number of carboxylic acids is 1. The summed E-state index contributed by atoms with van der Waals surface area (Å²) >= 11 is 0. The number of amides is 2. The first-order valence-corrected chi connectivity index (χ1v) is 11.6. The molecule has 2 unspecified atom stereocenters. The Hall–Kier alpha value is -3.35. The number of benzene rings is 2. The van der Waals surface area contributed by atoms with Crippen LogP contribution in [0.2, 0.25) is 0 Å². The van der Waals surface area contributed by atoms with Crippen LogP contribution in [0.25, 0.3) is 11.1 Å². The minimum Gasteiger partial charge on any atom is -0.481 e. The number of carboxylic acid groups (broad SMARTS) is 1. The average molecular weight is 451 g/mol. The normalized spacial score (nSPS) is 20.3. The fraction of sp³-hybridized carbons (Fsp3) is 0.423. The number of carbonyl (C=O) groups is 3. The van der Waals surface area contributed by atoms with Gasteiger partial charge in [-0.2, -0.15) is 0 Å². The maximum atomic E-state index is 12.6. The van der Waals surface area contributed by atoms with E-state index in [9.17, 15) is 14.4 Å². The summed E-state index contributed by atoms with van der Waals surface area (Å²) in [7, 11) is 0. The highest BCUT2D eigenvalue weighted by Crippen LogP contribution is 2.44. The zero-order chi connectivity index (χ0) is 23.4. The second-order valence-electron chi connectivity index (χ2n) is 8.95. The molecule has 0 radical (unpaired) electrons. The summed E-state index contributed by atoms with van der Waals surface area (Å²) in [5.74, 6) is -1.31. The van der Waals surface area contributed by atoms with Gasteiger partial charge in [0.1, 0.15) is 12.6 Å². The van der Waals surface area contributed by atoms with Crippen molar-refractivity contribution in [2.75, 3.05) is 6.61 Å². The first-order chi connectivity index (χ1) is 15.9. The van der Waals surface area contributed by atoms with Crippen LogP contribution >= 0.6 is 0 Å². The lowest BCUT2D eigenvalue weighted by atomic mass is 9.82. The third-order valence-corrected chi connectivity index (χ3v) is 6.74. The zero-order valence-electron chi connectivity index (χ0n) is 18.8. The molecule has 7 nitrogen and oxygen atoms in total. The van der Waals surface area contributed by atoms with Crippen molar-refractivity contribution in [1.29, 1.82) is 0 Å². The molecular weight excluding hydrogens is 420 g/mol. The van der Waals surface area contributed by atoms with E-state index in [1.807, 2.05) is 24.3 Å². The Morgan fingerprint density at radius 2 is 1.61 bits per heavy atom. The average Bonchev–Trinajstić information content (AvgIpc) is 3.12. The van der Waals surface area contributed by atoms with E-state index in [1.54, 1.807) is 6.92 Å². The summed E-state index contributed by atoms with van der Waals surface area (Å²) in [6, 6.07) is 15.2. The molecule has 174 valence electrons. The molecule has 1 saturated carbocycles. The van der Waals surface area contributed by atoms with Crippen LogP contribution < -0.4 is 10.6 Å². The van der Waals surface area contributed by atoms with Crippen LogP contribution in [0, 0.1) is 5.92 Å². The van der Waals surface area contributed by atoms with Gasteiger partial charge in [0, 0.05) is 12.0 Å². The first-order valence-electron chi connectivity index (χ1n) is 11.6. The van der Waals surface area contributed by atoms with Crippen LogP contribution in [0.15, 0.2) is 48.5 Å². The lowest BCUT2D eigenvalue weighted by Gasteiger charge is -2.32. The number of fused-ring (bicyclic) bond motifs is 3. The number of hydrogen-bond donors (Lipinski definition) is 3. The summed E-state index contributed by atoms with van der Waals surface area (Å²) in [5, 5.41) is 14.7. The standard InChI is InChI=1S/C26H30N2O5/c1-16(25(31)28-23-13-7-2-8-17(23)14-24(29)30)27-26(32)33-15-22-20-11-5-3-9-18(20)19-10-4-6-12-21(19)22/h3-6,9-12,16-17,22-23H,2,7-8,13-15H2,1H3,(H,27,32)(H,28,31)(H,29,30)/t16-,17?,23?/m0/s1. The zero-order valence-corrected chi connectivity index (χ0v) is 18.8. The number of nitrogens with one attached hydrogen (secondary N) is 2. The molecule has 33 heavy (non-hydrogen) atoms. The van der Waals surface area contributed by atoms with Crippen LogP contribution in [0.4, 0.5) is 4.79 Å². The van der Waals surface area contributed by atoms with Gasteiger partial charge in [-0.3, -0.25) is 9.59 Å². The smallest absolute Gasteiger partial charge is 0.407 e. The van der Waals surface area contributed by atoms with Crippen molar-refractivity contribution >= 4 is 18.0 Å². The summed E-state index contributed by atoms with van der Waals surface area (Å²) < 4.78 is 5.52. The fourth-order valence-corrected chi connectivity index (χ4v) is 5.06. The van der Waals surface area contributed by atoms with Gasteiger partial charge < -0.3 is 20.5 Å². The van der Waals surface area contributed by atoms with Gasteiger partial charge >= 0.3 is 12.1 Å². The van der Waals surface area contributed by atoms with Crippen molar-refractivity contribution in [3.05, 3.63) is 59.7 Å². The minimum absolute atomic E-state index is 0.0408. The number of ether oxygens (including phenoxy) is 1. The number of alkyl carbamates (subject to hydrolysis) is 1. The van der Waals surface area contributed by atoms with Gasteiger partial charge in [0.05, 0.1) is 6.42 Å². The molecule has 4 rings (SSSR count). The Kier molecular flexibility index (Phi) is 6.96. The second-order valence-corrected chi connectivity index (χ2v) is 8.95. The molecule has 0 saturated heterocycles. The predicted octanol–water partition coefficient (Wildman–Crippen LogP) is 4.06. The van der Waals surface area contributed by atoms with Crippen molar-refractivity contribution in [1.82, 2.24) is 10.6 Å². The van der Waals surface area contributed by atoms with Crippen molar-refractivity contribution < 1.29 is 24.2 Å². The molecule has 0 spiro atoms. The third-order valence-electron chi connectivity index (χ3n) is 6.74. The SMILES string of the molecule is C[C@H](NC(=O)OCC1c2ccccc2-c2ccccc21)C(=O)NC1CCCCC1CC(=O)O. The Morgan fingerprint density at radius 1 is 1.00 bits per heavy atom. The highest BCUT2D eigenvalue weighted by molar-refractivity contribution is 5.85. The van der Waals surface area contributed by atoms with E-state index in [0.29, 0.717) is 0 Å². The van der Waals surface area contributed by atoms with Crippen molar-refractivity contribution in [3.63, 3.8) is 0 Å². The molecule has 3 N–H and O–H groups in total. The van der Waals surface area contributed by atoms with Gasteiger partial charge in [0.2, 0.25) is 5.91 Å². The Bertz CT molecular complexity index is 991. The van der Waals surface area contributed by atoms with Crippen LogP contribution in [-0.4, -0.2) is 41.8 Å². The van der Waals surface area contributed by atoms with E-state index in [2.05, 4.69) is 34.9 Å². The van der Waals surface area contributed by atoms with E-state index in [0.717, 1.165) is 47.9 Å². The highest BCUT2D eigenvalue weighted by atomic mass is 16.5. The Morgan fingerprint density at radius 3 is 2.24 bits per heavy atom. The molecule has 2 aliphatic carbocycles. The Balaban J connectivity index is 1.32. The number of hydrogen-bond acceptors (Lipinski definition) is 4. The van der Waals surface area contributed by atoms with E-state index >= 15 is 0 Å². The summed E-state index contributed by atoms with van der Waals surface area (Å²) in [5.41, 5.74) is 4.55. The van der Waals surface area contributed by atoms with Gasteiger partial charge in [0.25, 0.3) is 0 Å². The van der Waals surface area contributed by atoms with Crippen LogP contribution in [0.3, 0.4) is 0 Å². The van der Waals surface area contributed by atoms with Gasteiger partial charge in [0.15, 0.2) is 0 Å². The molecule has 0 heterocycles. The molecule has 2 aromatic rings. The van der Waals surface area contributed by atoms with Crippen molar-refractivity contribution in [2.45, 2.75) is 57.0 Å². The van der Waals surface area contributed by atoms with E-state index < -0.39 is 18.1 Å².